The van der Waals surface area contributed by atoms with Crippen LogP contribution in [0.15, 0.2) is 17.4 Å². The van der Waals surface area contributed by atoms with Gasteiger partial charge in [0.15, 0.2) is 0 Å². The Labute approximate surface area is 155 Å². The Hall–Kier alpha value is -1.93. The fraction of sp³-hybridized carbons (Fsp3) is 0.412. The maximum Gasteiger partial charge on any atom is 0.237 e. The molecule has 0 bridgehead atoms. The molecule has 0 unspecified atom stereocenters. The van der Waals surface area contributed by atoms with E-state index in [0.29, 0.717) is 0 Å². The first-order valence-corrected chi connectivity index (χ1v) is 9.81. The lowest BCUT2D eigenvalue weighted by molar-refractivity contribution is -0.115. The summed E-state index contributed by atoms with van der Waals surface area (Å²) in [4.78, 5) is 23.6. The highest BCUT2D eigenvalue weighted by atomic mass is 32.2. The molecular weight excluding hydrogens is 354 g/mol. The molecule has 0 fully saturated rings. The Bertz CT molecular complexity index is 931. The maximum atomic E-state index is 12.6. The van der Waals surface area contributed by atoms with Crippen molar-refractivity contribution < 1.29 is 4.79 Å². The molecule has 0 aliphatic rings. The van der Waals surface area contributed by atoms with Crippen LogP contribution in [0.4, 0.5) is 5.69 Å². The molecule has 0 aliphatic carbocycles. The first-order valence-electron chi connectivity index (χ1n) is 8.11. The van der Waals surface area contributed by atoms with Gasteiger partial charge in [-0.1, -0.05) is 18.7 Å². The molecule has 6 nitrogen and oxygen atoms in total. The second kappa shape index (κ2) is 7.13. The normalized spacial score (nSPS) is 12.5. The highest BCUT2D eigenvalue weighted by Crippen LogP contribution is 2.33. The molecule has 3 aromatic rings. The third-order valence-corrected chi connectivity index (χ3v) is 6.41. The molecule has 25 heavy (non-hydrogen) atoms. The van der Waals surface area contributed by atoms with Gasteiger partial charge in [0.1, 0.15) is 16.2 Å². The van der Waals surface area contributed by atoms with Crippen molar-refractivity contribution in [3.05, 3.63) is 28.7 Å². The number of hydrogen-bond acceptors (Lipinski definition) is 6. The minimum absolute atomic E-state index is 0.0538. The lowest BCUT2D eigenvalue weighted by Crippen LogP contribution is -2.23. The van der Waals surface area contributed by atoms with Gasteiger partial charge >= 0.3 is 0 Å². The van der Waals surface area contributed by atoms with E-state index in [2.05, 4.69) is 33.4 Å². The van der Waals surface area contributed by atoms with Crippen LogP contribution in [-0.4, -0.2) is 30.9 Å². The van der Waals surface area contributed by atoms with Gasteiger partial charge in [-0.15, -0.1) is 11.3 Å². The molecule has 0 saturated carbocycles. The number of aromatic nitrogens is 4. The molecular formula is C17H21N5OS2. The molecule has 0 radical (unpaired) electrons. The van der Waals surface area contributed by atoms with Gasteiger partial charge in [0.25, 0.3) is 0 Å². The molecule has 3 heterocycles. The zero-order chi connectivity index (χ0) is 18.1. The summed E-state index contributed by atoms with van der Waals surface area (Å²) in [6.07, 6.45) is 2.54. The van der Waals surface area contributed by atoms with Crippen LogP contribution < -0.4 is 5.32 Å². The second-order valence-corrected chi connectivity index (χ2v) is 8.33. The molecule has 8 heteroatoms. The number of aryl methyl sites for hydroxylation is 3. The number of nitrogens with one attached hydrogen (secondary N) is 1. The van der Waals surface area contributed by atoms with Gasteiger partial charge in [-0.3, -0.25) is 9.48 Å². The molecule has 3 aromatic heterocycles. The molecule has 1 atom stereocenters. The highest BCUT2D eigenvalue weighted by Gasteiger charge is 2.20. The Balaban J connectivity index is 1.79. The van der Waals surface area contributed by atoms with Crippen molar-refractivity contribution in [2.24, 2.45) is 7.05 Å². The number of anilines is 1. The summed E-state index contributed by atoms with van der Waals surface area (Å²) in [6, 6.07) is 2.13. The molecule has 3 rings (SSSR count). The Kier molecular flexibility index (Phi) is 5.10. The number of rotatable bonds is 5. The summed E-state index contributed by atoms with van der Waals surface area (Å²) in [5.74, 6) is -0.0538. The summed E-state index contributed by atoms with van der Waals surface area (Å²) in [6.45, 7) is 7.85. The van der Waals surface area contributed by atoms with E-state index in [0.717, 1.165) is 38.7 Å². The van der Waals surface area contributed by atoms with E-state index in [9.17, 15) is 4.79 Å². The van der Waals surface area contributed by atoms with Crippen molar-refractivity contribution in [2.75, 3.05) is 5.32 Å². The quantitative estimate of drug-likeness (QED) is 0.543. The molecule has 0 aliphatic heterocycles. The smallest absolute Gasteiger partial charge is 0.237 e. The van der Waals surface area contributed by atoms with Crippen LogP contribution in [0.3, 0.4) is 0 Å². The first kappa shape index (κ1) is 17.9. The largest absolute Gasteiger partial charge is 0.322 e. The van der Waals surface area contributed by atoms with E-state index in [-0.39, 0.29) is 11.2 Å². The van der Waals surface area contributed by atoms with Crippen LogP contribution in [0.5, 0.6) is 0 Å². The number of thioether (sulfide) groups is 1. The lowest BCUT2D eigenvalue weighted by atomic mass is 10.3. The average molecular weight is 376 g/mol. The van der Waals surface area contributed by atoms with Crippen LogP contribution in [0.1, 0.15) is 30.1 Å². The summed E-state index contributed by atoms with van der Waals surface area (Å²) in [7, 11) is 1.87. The van der Waals surface area contributed by atoms with Crippen LogP contribution in [0.2, 0.25) is 0 Å². The SMILES string of the molecule is CCc1cc2c(S[C@@H](C)C(=O)Nc3c(C)nn(C)c3C)ncnc2s1. The monoisotopic (exact) mass is 375 g/mol. The minimum Gasteiger partial charge on any atom is -0.322 e. The van der Waals surface area contributed by atoms with Crippen molar-refractivity contribution in [2.45, 2.75) is 44.4 Å². The van der Waals surface area contributed by atoms with E-state index in [1.165, 1.54) is 16.6 Å². The van der Waals surface area contributed by atoms with Gasteiger partial charge in [0, 0.05) is 17.3 Å². The molecule has 0 saturated heterocycles. The average Bonchev–Trinajstić information content (AvgIpc) is 3.11. The Morgan fingerprint density at radius 3 is 2.80 bits per heavy atom. The predicted molar refractivity (Wildman–Crippen MR) is 103 cm³/mol. The van der Waals surface area contributed by atoms with Crippen LogP contribution in [-0.2, 0) is 18.3 Å². The Morgan fingerprint density at radius 1 is 1.40 bits per heavy atom. The predicted octanol–water partition coefficient (Wildman–Crippen LogP) is 3.72. The van der Waals surface area contributed by atoms with Crippen molar-refractivity contribution in [3.63, 3.8) is 0 Å². The van der Waals surface area contributed by atoms with E-state index >= 15 is 0 Å². The second-order valence-electron chi connectivity index (χ2n) is 5.88. The molecule has 1 amide bonds. The minimum atomic E-state index is -0.276. The van der Waals surface area contributed by atoms with E-state index in [1.807, 2.05) is 27.8 Å². The summed E-state index contributed by atoms with van der Waals surface area (Å²) in [5.41, 5.74) is 2.55. The van der Waals surface area contributed by atoms with E-state index in [1.54, 1.807) is 22.3 Å². The van der Waals surface area contributed by atoms with Crippen molar-refractivity contribution in [1.29, 1.82) is 0 Å². The lowest BCUT2D eigenvalue weighted by Gasteiger charge is -2.12. The number of amides is 1. The fourth-order valence-corrected chi connectivity index (χ4v) is 4.44. The van der Waals surface area contributed by atoms with Crippen molar-refractivity contribution in [3.8, 4) is 0 Å². The fourth-order valence-electron chi connectivity index (χ4n) is 2.55. The summed E-state index contributed by atoms with van der Waals surface area (Å²) >= 11 is 3.14. The van der Waals surface area contributed by atoms with Crippen molar-refractivity contribution in [1.82, 2.24) is 19.7 Å². The number of carbonyl (C=O) groups excluding carboxylic acids is 1. The summed E-state index contributed by atoms with van der Waals surface area (Å²) < 4.78 is 1.77. The summed E-state index contributed by atoms with van der Waals surface area (Å²) in [5, 5.41) is 8.94. The van der Waals surface area contributed by atoms with Gasteiger partial charge in [-0.2, -0.15) is 5.10 Å². The number of carbonyl (C=O) groups is 1. The van der Waals surface area contributed by atoms with E-state index < -0.39 is 0 Å². The van der Waals surface area contributed by atoms with E-state index in [4.69, 9.17) is 0 Å². The zero-order valence-corrected chi connectivity index (χ0v) is 16.6. The van der Waals surface area contributed by atoms with Gasteiger partial charge in [-0.25, -0.2) is 9.97 Å². The Morgan fingerprint density at radius 2 is 2.16 bits per heavy atom. The van der Waals surface area contributed by atoms with Gasteiger partial charge in [-0.05, 0) is 33.3 Å². The van der Waals surface area contributed by atoms with Gasteiger partial charge in [0.05, 0.1) is 22.3 Å². The maximum absolute atomic E-state index is 12.6. The molecule has 0 spiro atoms. The molecule has 0 aromatic carbocycles. The van der Waals surface area contributed by atoms with Gasteiger partial charge in [0.2, 0.25) is 5.91 Å². The molecule has 1 N–H and O–H groups in total. The number of hydrogen-bond donors (Lipinski definition) is 1. The van der Waals surface area contributed by atoms with Gasteiger partial charge < -0.3 is 5.32 Å². The first-order chi connectivity index (χ1) is 11.9. The highest BCUT2D eigenvalue weighted by molar-refractivity contribution is 8.00. The third-order valence-electron chi connectivity index (χ3n) is 4.11. The van der Waals surface area contributed by atoms with Crippen molar-refractivity contribution >= 4 is 44.9 Å². The van der Waals surface area contributed by atoms with Crippen LogP contribution in [0, 0.1) is 13.8 Å². The third kappa shape index (κ3) is 3.55. The topological polar surface area (TPSA) is 72.7 Å². The molecule has 132 valence electrons. The number of thiophene rings is 1. The van der Waals surface area contributed by atoms with Crippen LogP contribution >= 0.6 is 23.1 Å². The number of fused-ring (bicyclic) bond motifs is 1. The number of nitrogens with zero attached hydrogens (tertiary/aromatic N) is 4. The zero-order valence-electron chi connectivity index (χ0n) is 15.0. The van der Waals surface area contributed by atoms with Crippen LogP contribution in [0.25, 0.3) is 10.2 Å². The standard InChI is InChI=1S/C17H21N5OS2/c1-6-12-7-13-16(18-8-19-17(13)25-12)24-11(4)15(23)20-14-9(2)21-22(5)10(14)3/h7-8,11H,6H2,1-5H3,(H,20,23)/t11-/m0/s1.